The second kappa shape index (κ2) is 7.36. The monoisotopic (exact) mass is 256 g/mol. The second-order valence-electron chi connectivity index (χ2n) is 4.92. The highest BCUT2D eigenvalue weighted by Crippen LogP contribution is 2.12. The van der Waals surface area contributed by atoms with E-state index in [9.17, 15) is 9.59 Å². The van der Waals surface area contributed by atoms with Gasteiger partial charge in [-0.3, -0.25) is 9.59 Å². The first-order chi connectivity index (χ1) is 8.54. The normalized spacial score (nSPS) is 19.0. The summed E-state index contributed by atoms with van der Waals surface area (Å²) in [5.74, 6) is -0.309. The number of carbonyl (C=O) groups is 2. The summed E-state index contributed by atoms with van der Waals surface area (Å²) in [4.78, 5) is 25.2. The molecule has 0 aromatic heterocycles. The minimum atomic E-state index is -0.334. The van der Waals surface area contributed by atoms with Crippen molar-refractivity contribution in [3.05, 3.63) is 0 Å². The predicted octanol–water partition coefficient (Wildman–Crippen LogP) is 0.929. The van der Waals surface area contributed by atoms with Gasteiger partial charge in [0.2, 0.25) is 5.91 Å². The van der Waals surface area contributed by atoms with E-state index in [1.165, 1.54) is 0 Å². The van der Waals surface area contributed by atoms with Gasteiger partial charge in [-0.15, -0.1) is 0 Å². The summed E-state index contributed by atoms with van der Waals surface area (Å²) >= 11 is 0. The van der Waals surface area contributed by atoms with Gasteiger partial charge in [0, 0.05) is 18.5 Å². The molecule has 1 saturated heterocycles. The van der Waals surface area contributed by atoms with Gasteiger partial charge in [0.15, 0.2) is 0 Å². The standard InChI is InChI=1S/C13H24N2O3/c1-4-18-13(17)9-15(10(2)3)12(16)8-11-6-5-7-14-11/h10-11,14H,4-9H2,1-3H3. The Morgan fingerprint density at radius 3 is 2.67 bits per heavy atom. The fourth-order valence-corrected chi connectivity index (χ4v) is 2.16. The average Bonchev–Trinajstić information content (AvgIpc) is 2.78. The van der Waals surface area contributed by atoms with Gasteiger partial charge in [-0.05, 0) is 40.2 Å². The lowest BCUT2D eigenvalue weighted by atomic mass is 10.1. The lowest BCUT2D eigenvalue weighted by Crippen LogP contribution is -2.43. The first kappa shape index (κ1) is 15.0. The summed E-state index contributed by atoms with van der Waals surface area (Å²) in [7, 11) is 0. The van der Waals surface area contributed by atoms with Crippen molar-refractivity contribution in [1.82, 2.24) is 10.2 Å². The van der Waals surface area contributed by atoms with Crippen LogP contribution in [0.3, 0.4) is 0 Å². The SMILES string of the molecule is CCOC(=O)CN(C(=O)CC1CCCN1)C(C)C. The van der Waals surface area contributed by atoms with Crippen molar-refractivity contribution in [2.24, 2.45) is 0 Å². The third kappa shape index (κ3) is 4.64. The molecule has 0 bridgehead atoms. The molecular weight excluding hydrogens is 232 g/mol. The Labute approximate surface area is 109 Å². The van der Waals surface area contributed by atoms with Crippen LogP contribution in [-0.2, 0) is 14.3 Å². The summed E-state index contributed by atoms with van der Waals surface area (Å²) in [5.41, 5.74) is 0. The van der Waals surface area contributed by atoms with E-state index in [1.54, 1.807) is 11.8 Å². The van der Waals surface area contributed by atoms with Crippen LogP contribution in [0.2, 0.25) is 0 Å². The minimum absolute atomic E-state index is 0.0170. The highest BCUT2D eigenvalue weighted by molar-refractivity contribution is 5.82. The molecule has 1 heterocycles. The van der Waals surface area contributed by atoms with Gasteiger partial charge < -0.3 is 15.0 Å². The van der Waals surface area contributed by atoms with Gasteiger partial charge in [-0.2, -0.15) is 0 Å². The zero-order chi connectivity index (χ0) is 13.5. The Balaban J connectivity index is 2.49. The van der Waals surface area contributed by atoms with Crippen LogP contribution in [0.1, 0.15) is 40.0 Å². The molecule has 1 amide bonds. The number of hydrogen-bond acceptors (Lipinski definition) is 4. The number of hydrogen-bond donors (Lipinski definition) is 1. The molecule has 0 aromatic carbocycles. The maximum absolute atomic E-state index is 12.2. The van der Waals surface area contributed by atoms with Gasteiger partial charge in [0.1, 0.15) is 6.54 Å². The van der Waals surface area contributed by atoms with Crippen molar-refractivity contribution < 1.29 is 14.3 Å². The van der Waals surface area contributed by atoms with Crippen molar-refractivity contribution in [2.45, 2.75) is 52.1 Å². The van der Waals surface area contributed by atoms with Crippen LogP contribution in [-0.4, -0.2) is 48.6 Å². The number of esters is 1. The zero-order valence-corrected chi connectivity index (χ0v) is 11.6. The van der Waals surface area contributed by atoms with Gasteiger partial charge >= 0.3 is 5.97 Å². The van der Waals surface area contributed by atoms with Crippen LogP contribution >= 0.6 is 0 Å². The van der Waals surface area contributed by atoms with E-state index in [0.29, 0.717) is 13.0 Å². The molecule has 1 fully saturated rings. The average molecular weight is 256 g/mol. The Kier molecular flexibility index (Phi) is 6.12. The Hall–Kier alpha value is -1.10. The van der Waals surface area contributed by atoms with Crippen LogP contribution < -0.4 is 5.32 Å². The molecule has 104 valence electrons. The highest BCUT2D eigenvalue weighted by atomic mass is 16.5. The number of nitrogens with one attached hydrogen (secondary N) is 1. The van der Waals surface area contributed by atoms with Crippen LogP contribution in [0.5, 0.6) is 0 Å². The quantitative estimate of drug-likeness (QED) is 0.718. The summed E-state index contributed by atoms with van der Waals surface area (Å²) < 4.78 is 4.89. The summed E-state index contributed by atoms with van der Waals surface area (Å²) in [6, 6.07) is 0.282. The molecule has 1 aliphatic heterocycles. The van der Waals surface area contributed by atoms with Crippen molar-refractivity contribution in [2.75, 3.05) is 19.7 Å². The number of rotatable bonds is 6. The summed E-state index contributed by atoms with van der Waals surface area (Å²) in [6.07, 6.45) is 2.63. The molecule has 0 aliphatic carbocycles. The molecule has 1 N–H and O–H groups in total. The molecule has 1 aliphatic rings. The molecule has 1 rings (SSSR count). The van der Waals surface area contributed by atoms with Gasteiger partial charge in [-0.1, -0.05) is 0 Å². The fraction of sp³-hybridized carbons (Fsp3) is 0.846. The smallest absolute Gasteiger partial charge is 0.325 e. The third-order valence-corrected chi connectivity index (χ3v) is 3.13. The topological polar surface area (TPSA) is 58.6 Å². The van der Waals surface area contributed by atoms with E-state index in [4.69, 9.17) is 4.74 Å². The van der Waals surface area contributed by atoms with Crippen molar-refractivity contribution >= 4 is 11.9 Å². The van der Waals surface area contributed by atoms with E-state index in [0.717, 1.165) is 19.4 Å². The Bertz CT molecular complexity index is 286. The summed E-state index contributed by atoms with van der Waals surface area (Å²) in [5, 5.41) is 3.30. The number of carbonyl (C=O) groups excluding carboxylic acids is 2. The van der Waals surface area contributed by atoms with Gasteiger partial charge in [0.05, 0.1) is 6.61 Å². The van der Waals surface area contributed by atoms with Gasteiger partial charge in [-0.25, -0.2) is 0 Å². The highest BCUT2D eigenvalue weighted by Gasteiger charge is 2.25. The number of nitrogens with zero attached hydrogens (tertiary/aromatic N) is 1. The predicted molar refractivity (Wildman–Crippen MR) is 69.1 cm³/mol. The van der Waals surface area contributed by atoms with E-state index in [2.05, 4.69) is 5.32 Å². The summed E-state index contributed by atoms with van der Waals surface area (Å²) in [6.45, 7) is 6.98. The maximum atomic E-state index is 12.2. The molecule has 18 heavy (non-hydrogen) atoms. The molecule has 5 nitrogen and oxygen atoms in total. The van der Waals surface area contributed by atoms with E-state index in [-0.39, 0.29) is 30.5 Å². The molecular formula is C13H24N2O3. The van der Waals surface area contributed by atoms with Gasteiger partial charge in [0.25, 0.3) is 0 Å². The van der Waals surface area contributed by atoms with Crippen LogP contribution in [0.25, 0.3) is 0 Å². The van der Waals surface area contributed by atoms with E-state index >= 15 is 0 Å². The molecule has 0 spiro atoms. The molecule has 0 saturated carbocycles. The minimum Gasteiger partial charge on any atom is -0.465 e. The molecule has 1 atom stereocenters. The van der Waals surface area contributed by atoms with Crippen LogP contribution in [0.4, 0.5) is 0 Å². The molecule has 5 heteroatoms. The van der Waals surface area contributed by atoms with Crippen molar-refractivity contribution in [3.8, 4) is 0 Å². The first-order valence-electron chi connectivity index (χ1n) is 6.73. The third-order valence-electron chi connectivity index (χ3n) is 3.13. The van der Waals surface area contributed by atoms with Crippen LogP contribution in [0.15, 0.2) is 0 Å². The lowest BCUT2D eigenvalue weighted by Gasteiger charge is -2.27. The fourth-order valence-electron chi connectivity index (χ4n) is 2.16. The van der Waals surface area contributed by atoms with Crippen molar-refractivity contribution in [1.29, 1.82) is 0 Å². The van der Waals surface area contributed by atoms with Crippen LogP contribution in [0, 0.1) is 0 Å². The maximum Gasteiger partial charge on any atom is 0.325 e. The number of amides is 1. The van der Waals surface area contributed by atoms with E-state index in [1.807, 2.05) is 13.8 Å². The van der Waals surface area contributed by atoms with E-state index < -0.39 is 0 Å². The zero-order valence-electron chi connectivity index (χ0n) is 11.6. The Morgan fingerprint density at radius 2 is 2.17 bits per heavy atom. The molecule has 0 radical (unpaired) electrons. The van der Waals surface area contributed by atoms with Crippen molar-refractivity contribution in [3.63, 3.8) is 0 Å². The lowest BCUT2D eigenvalue weighted by molar-refractivity contribution is -0.150. The molecule has 0 aromatic rings. The Morgan fingerprint density at radius 1 is 1.44 bits per heavy atom. The first-order valence-corrected chi connectivity index (χ1v) is 6.73. The second-order valence-corrected chi connectivity index (χ2v) is 4.92. The molecule has 1 unspecified atom stereocenters. The largest absolute Gasteiger partial charge is 0.465 e. The number of ether oxygens (including phenoxy) is 1.